The molecule has 0 saturated heterocycles. The Hall–Kier alpha value is -7.54. The number of amides is 4. The molecule has 0 spiro atoms. The largest absolute Gasteiger partial charge is 0.508 e. The van der Waals surface area contributed by atoms with E-state index in [1.807, 2.05) is 60.7 Å². The van der Waals surface area contributed by atoms with Gasteiger partial charge >= 0.3 is 0 Å². The van der Waals surface area contributed by atoms with E-state index in [1.54, 1.807) is 48.5 Å². The Labute approximate surface area is 313 Å². The molecule has 8 rings (SSSR count). The Balaban J connectivity index is 1.19. The highest BCUT2D eigenvalue weighted by atomic mass is 16.5. The molecular weight excluding hydrogens is 700 g/mol. The highest BCUT2D eigenvalue weighted by molar-refractivity contribution is 6.10. The first-order valence-electron chi connectivity index (χ1n) is 17.3. The van der Waals surface area contributed by atoms with Crippen molar-refractivity contribution in [3.05, 3.63) is 133 Å². The van der Waals surface area contributed by atoms with Crippen molar-refractivity contribution in [3.8, 4) is 22.6 Å². The molecule has 13 nitrogen and oxygen atoms in total. The molecule has 6 aromatic rings. The molecule has 272 valence electrons. The zero-order valence-corrected chi connectivity index (χ0v) is 29.0. The van der Waals surface area contributed by atoms with Crippen molar-refractivity contribution in [3.63, 3.8) is 0 Å². The van der Waals surface area contributed by atoms with Crippen LogP contribution >= 0.6 is 0 Å². The van der Waals surface area contributed by atoms with E-state index in [4.69, 9.17) is 9.47 Å². The molecule has 2 aromatic heterocycles. The number of carbonyl (C=O) groups is 4. The summed E-state index contributed by atoms with van der Waals surface area (Å²) in [6, 6.07) is 32.4. The van der Waals surface area contributed by atoms with Gasteiger partial charge in [-0.25, -0.2) is 9.97 Å². The number of aliphatic hydroxyl groups is 1. The van der Waals surface area contributed by atoms with Crippen LogP contribution < -0.4 is 30.7 Å². The molecule has 0 saturated carbocycles. The summed E-state index contributed by atoms with van der Waals surface area (Å²) in [5.74, 6) is -1.92. The number of hydrogen-bond donors (Lipinski definition) is 5. The summed E-state index contributed by atoms with van der Waals surface area (Å²) < 4.78 is 12.5. The maximum atomic E-state index is 13.3. The number of benzene rings is 4. The number of ether oxygens (including phenoxy) is 2. The number of anilines is 4. The van der Waals surface area contributed by atoms with Crippen molar-refractivity contribution in [2.24, 2.45) is 5.92 Å². The quantitative estimate of drug-likeness (QED) is 0.113. The van der Waals surface area contributed by atoms with Crippen LogP contribution in [0.1, 0.15) is 6.42 Å². The van der Waals surface area contributed by atoms with Crippen LogP contribution in [0.3, 0.4) is 0 Å². The second kappa shape index (κ2) is 14.8. The van der Waals surface area contributed by atoms with E-state index in [-0.39, 0.29) is 54.2 Å². The van der Waals surface area contributed by atoms with Crippen LogP contribution in [-0.2, 0) is 19.2 Å². The summed E-state index contributed by atoms with van der Waals surface area (Å²) in [4.78, 5) is 61.9. The van der Waals surface area contributed by atoms with E-state index < -0.39 is 29.5 Å². The van der Waals surface area contributed by atoms with E-state index in [2.05, 4.69) is 31.2 Å². The van der Waals surface area contributed by atoms with Crippen molar-refractivity contribution in [2.45, 2.75) is 6.42 Å². The molecule has 2 aliphatic rings. The molecular formula is C42H32N6O7. The predicted octanol–water partition coefficient (Wildman–Crippen LogP) is 6.76. The Morgan fingerprint density at radius 2 is 1.05 bits per heavy atom. The van der Waals surface area contributed by atoms with Gasteiger partial charge in [0.2, 0.25) is 5.91 Å². The van der Waals surface area contributed by atoms with Gasteiger partial charge < -0.3 is 35.8 Å². The summed E-state index contributed by atoms with van der Waals surface area (Å²) in [5.41, 5.74) is 1.46. The smallest absolute Gasteiger partial charge is 0.263 e. The molecule has 13 heteroatoms. The normalized spacial score (nSPS) is 16.5. The van der Waals surface area contributed by atoms with Crippen LogP contribution in [0.25, 0.3) is 32.7 Å². The lowest BCUT2D eigenvalue weighted by molar-refractivity contribution is -0.119. The summed E-state index contributed by atoms with van der Waals surface area (Å²) >= 11 is 0. The van der Waals surface area contributed by atoms with Crippen molar-refractivity contribution >= 4 is 68.4 Å². The number of aliphatic hydroxyl groups excluding tert-OH is 1. The first kappa shape index (κ1) is 34.5. The molecule has 1 aliphatic heterocycles. The van der Waals surface area contributed by atoms with E-state index in [1.165, 1.54) is 12.2 Å². The van der Waals surface area contributed by atoms with Gasteiger partial charge in [0.05, 0.1) is 5.92 Å². The summed E-state index contributed by atoms with van der Waals surface area (Å²) in [6.07, 6.45) is 2.57. The molecule has 4 amide bonds. The highest BCUT2D eigenvalue weighted by Crippen LogP contribution is 2.45. The first-order valence-corrected chi connectivity index (χ1v) is 17.3. The minimum Gasteiger partial charge on any atom is -0.508 e. The molecule has 1 unspecified atom stereocenters. The minimum atomic E-state index is -0.912. The lowest BCUT2D eigenvalue weighted by Gasteiger charge is -2.19. The average molecular weight is 733 g/mol. The fourth-order valence-corrected chi connectivity index (χ4v) is 6.58. The lowest BCUT2D eigenvalue weighted by atomic mass is 9.92. The summed E-state index contributed by atoms with van der Waals surface area (Å²) in [6.45, 7) is -0.774. The van der Waals surface area contributed by atoms with Crippen LogP contribution in [0.2, 0.25) is 0 Å². The zero-order valence-electron chi connectivity index (χ0n) is 29.0. The molecule has 0 fully saturated rings. The van der Waals surface area contributed by atoms with Gasteiger partial charge in [-0.15, -0.1) is 0 Å². The Morgan fingerprint density at radius 3 is 1.60 bits per heavy atom. The number of aromatic nitrogens is 2. The Morgan fingerprint density at radius 1 is 0.564 bits per heavy atom. The number of allylic oxidation sites excluding steroid dienone is 1. The highest BCUT2D eigenvalue weighted by Gasteiger charge is 2.27. The van der Waals surface area contributed by atoms with Crippen LogP contribution in [0.5, 0.6) is 11.5 Å². The molecule has 5 N–H and O–H groups in total. The third-order valence-corrected chi connectivity index (χ3v) is 9.04. The van der Waals surface area contributed by atoms with E-state index in [9.17, 15) is 24.3 Å². The van der Waals surface area contributed by atoms with Crippen molar-refractivity contribution in [1.82, 2.24) is 9.97 Å². The Bertz CT molecular complexity index is 2600. The van der Waals surface area contributed by atoms with Gasteiger partial charge in [-0.05, 0) is 76.5 Å². The first-order chi connectivity index (χ1) is 26.8. The molecule has 4 aromatic carbocycles. The molecule has 6 bridgehead atoms. The maximum Gasteiger partial charge on any atom is 0.263 e. The van der Waals surface area contributed by atoms with Gasteiger partial charge in [-0.1, -0.05) is 72.8 Å². The maximum absolute atomic E-state index is 13.3. The number of carbonyl (C=O) groups excluding carboxylic acids is 4. The van der Waals surface area contributed by atoms with Gasteiger partial charge in [-0.2, -0.15) is 0 Å². The number of fused-ring (bicyclic) bond motifs is 13. The van der Waals surface area contributed by atoms with Gasteiger partial charge in [-0.3, -0.25) is 19.2 Å². The van der Waals surface area contributed by atoms with Gasteiger partial charge in [0.1, 0.15) is 40.5 Å². The van der Waals surface area contributed by atoms with Crippen molar-refractivity contribution in [1.29, 1.82) is 0 Å². The average Bonchev–Trinajstić information content (AvgIpc) is 3.18. The molecule has 1 aliphatic carbocycles. The summed E-state index contributed by atoms with van der Waals surface area (Å²) in [5, 5.41) is 24.7. The van der Waals surface area contributed by atoms with Crippen molar-refractivity contribution < 1.29 is 33.8 Å². The molecule has 0 radical (unpaired) electrons. The standard InChI is InChI=1S/C42H32N6O7/c49-28-20-26-19-27(21-28)42(53)48-36-14-6-12-34(44-36)46-38(51)23-55-32-18-16-25-8-2-4-10-30(25)40(32)39-29-9-3-1-7-24(29)15-17-31(39)54-22-37(50)45-33-11-5-13-35(43-33)47-41(26)52/h1-18,20-21,26,49H,19,22-23H2,(H2,43,45,47,50,52)(H2,44,46,48,51,53). The number of nitrogens with zero attached hydrogens (tertiary/aromatic N) is 2. The fraction of sp³-hybridized carbons (Fsp3) is 0.0952. The second-order valence-corrected chi connectivity index (χ2v) is 12.8. The number of pyridine rings is 2. The van der Waals surface area contributed by atoms with Crippen LogP contribution in [0.15, 0.2) is 133 Å². The predicted molar refractivity (Wildman–Crippen MR) is 208 cm³/mol. The minimum absolute atomic E-state index is 0.0310. The number of nitrogens with one attached hydrogen (secondary N) is 4. The van der Waals surface area contributed by atoms with E-state index in [0.717, 1.165) is 21.5 Å². The zero-order chi connectivity index (χ0) is 37.9. The Kier molecular flexibility index (Phi) is 9.31. The third-order valence-electron chi connectivity index (χ3n) is 9.04. The molecule has 3 heterocycles. The van der Waals surface area contributed by atoms with Crippen LogP contribution in [-0.4, -0.2) is 51.9 Å². The second-order valence-electron chi connectivity index (χ2n) is 12.8. The topological polar surface area (TPSA) is 181 Å². The number of hydrogen-bond acceptors (Lipinski definition) is 9. The van der Waals surface area contributed by atoms with Crippen LogP contribution in [0, 0.1) is 5.92 Å². The van der Waals surface area contributed by atoms with E-state index >= 15 is 0 Å². The monoisotopic (exact) mass is 732 g/mol. The van der Waals surface area contributed by atoms with Gasteiger partial charge in [0.15, 0.2) is 13.2 Å². The molecule has 1 atom stereocenters. The fourth-order valence-electron chi connectivity index (χ4n) is 6.58. The lowest BCUT2D eigenvalue weighted by Crippen LogP contribution is -2.27. The van der Waals surface area contributed by atoms with E-state index in [0.29, 0.717) is 22.6 Å². The van der Waals surface area contributed by atoms with Crippen molar-refractivity contribution in [2.75, 3.05) is 34.5 Å². The third kappa shape index (κ3) is 7.53. The van der Waals surface area contributed by atoms with Crippen LogP contribution in [0.4, 0.5) is 23.3 Å². The molecule has 55 heavy (non-hydrogen) atoms. The van der Waals surface area contributed by atoms with Gasteiger partial charge in [0.25, 0.3) is 17.7 Å². The summed E-state index contributed by atoms with van der Waals surface area (Å²) in [7, 11) is 0. The number of rotatable bonds is 0. The van der Waals surface area contributed by atoms with Gasteiger partial charge in [0, 0.05) is 16.7 Å². The SMILES string of the molecule is O=C1COc2ccc3ccccc3c2-c2c(ccc3ccccc23)OCC(=O)Nc2cccc(n2)NC(=O)C2C=C(O)C=C(C2)C(=O)Nc2cccc(n2)N1.